The molecule has 1 saturated heterocycles. The number of nitrogen functional groups attached to an aromatic ring is 1. The van der Waals surface area contributed by atoms with E-state index in [1.807, 2.05) is 0 Å². The topological polar surface area (TPSA) is 81.9 Å². The molecule has 176 valence electrons. The van der Waals surface area contributed by atoms with Crippen LogP contribution in [0.15, 0.2) is 42.5 Å². The Labute approximate surface area is 193 Å². The van der Waals surface area contributed by atoms with Crippen LogP contribution in [0.2, 0.25) is 5.02 Å². The van der Waals surface area contributed by atoms with Crippen LogP contribution in [0.5, 0.6) is 11.5 Å². The minimum absolute atomic E-state index is 0.220. The number of hydrogen-bond acceptors (Lipinski definition) is 7. The number of hydrogen-bond donors (Lipinski definition) is 2. The van der Waals surface area contributed by atoms with Crippen LogP contribution in [0.3, 0.4) is 0 Å². The SMILES string of the molecule is Nc1ccc(OC(F)(F)F)cc1Nc1ccc2c(OCCN3CCOCC3)ccc(Cl)c2n1. The highest BCUT2D eigenvalue weighted by molar-refractivity contribution is 6.35. The maximum absolute atomic E-state index is 12.5. The number of alkyl halides is 3. The number of nitrogens with one attached hydrogen (secondary N) is 1. The van der Waals surface area contributed by atoms with Gasteiger partial charge in [0.1, 0.15) is 23.9 Å². The van der Waals surface area contributed by atoms with E-state index in [0.717, 1.165) is 50.4 Å². The number of aromatic nitrogens is 1. The standard InChI is InChI=1S/C22H22ClF3N4O3/c23-16-3-5-19(32-12-9-30-7-10-31-11-8-30)15-2-6-20(29-21(15)16)28-18-13-14(1-4-17(18)27)33-22(24,25)26/h1-6,13H,7-12,27H2,(H,28,29). The third-order valence-corrected chi connectivity index (χ3v) is 5.36. The zero-order valence-electron chi connectivity index (χ0n) is 17.5. The van der Waals surface area contributed by atoms with Gasteiger partial charge in [-0.2, -0.15) is 0 Å². The molecular weight excluding hydrogens is 461 g/mol. The summed E-state index contributed by atoms with van der Waals surface area (Å²) in [6, 6.07) is 10.5. The molecule has 1 fully saturated rings. The molecule has 3 aromatic rings. The summed E-state index contributed by atoms with van der Waals surface area (Å²) < 4.78 is 52.9. The van der Waals surface area contributed by atoms with Gasteiger partial charge in [-0.15, -0.1) is 13.2 Å². The fourth-order valence-electron chi connectivity index (χ4n) is 3.44. The van der Waals surface area contributed by atoms with Crippen molar-refractivity contribution in [3.8, 4) is 11.5 Å². The number of morpholine rings is 1. The first-order chi connectivity index (χ1) is 15.8. The number of halogens is 4. The normalized spacial score (nSPS) is 14.9. The van der Waals surface area contributed by atoms with Crippen LogP contribution >= 0.6 is 11.6 Å². The Balaban J connectivity index is 1.51. The molecule has 0 unspecified atom stereocenters. The summed E-state index contributed by atoms with van der Waals surface area (Å²) >= 11 is 6.35. The van der Waals surface area contributed by atoms with Gasteiger partial charge in [0, 0.05) is 31.1 Å². The van der Waals surface area contributed by atoms with Crippen molar-refractivity contribution in [1.29, 1.82) is 0 Å². The molecule has 0 atom stereocenters. The van der Waals surface area contributed by atoms with E-state index in [-0.39, 0.29) is 11.4 Å². The van der Waals surface area contributed by atoms with Crippen molar-refractivity contribution in [2.75, 3.05) is 50.5 Å². The van der Waals surface area contributed by atoms with Crippen molar-refractivity contribution in [3.05, 3.63) is 47.5 Å². The van der Waals surface area contributed by atoms with E-state index in [1.165, 1.54) is 6.07 Å². The predicted molar refractivity (Wildman–Crippen MR) is 120 cm³/mol. The number of nitrogens with zero attached hydrogens (tertiary/aromatic N) is 2. The number of fused-ring (bicyclic) bond motifs is 1. The largest absolute Gasteiger partial charge is 0.573 e. The Morgan fingerprint density at radius 1 is 1.12 bits per heavy atom. The summed E-state index contributed by atoms with van der Waals surface area (Å²) in [7, 11) is 0. The molecule has 0 bridgehead atoms. The van der Waals surface area contributed by atoms with Gasteiger partial charge >= 0.3 is 6.36 Å². The van der Waals surface area contributed by atoms with Gasteiger partial charge in [0.25, 0.3) is 0 Å². The Morgan fingerprint density at radius 2 is 1.91 bits per heavy atom. The molecule has 2 heterocycles. The van der Waals surface area contributed by atoms with E-state index in [4.69, 9.17) is 26.8 Å². The lowest BCUT2D eigenvalue weighted by molar-refractivity contribution is -0.274. The molecule has 2 aromatic carbocycles. The number of pyridine rings is 1. The first kappa shape index (κ1) is 23.2. The molecule has 11 heteroatoms. The Hall–Kier alpha value is -2.95. The van der Waals surface area contributed by atoms with Gasteiger partial charge in [0.15, 0.2) is 0 Å². The van der Waals surface area contributed by atoms with Crippen molar-refractivity contribution < 1.29 is 27.4 Å². The van der Waals surface area contributed by atoms with Crippen LogP contribution in [0.25, 0.3) is 10.9 Å². The lowest BCUT2D eigenvalue weighted by Crippen LogP contribution is -2.38. The second kappa shape index (κ2) is 9.90. The van der Waals surface area contributed by atoms with Crippen molar-refractivity contribution in [2.45, 2.75) is 6.36 Å². The van der Waals surface area contributed by atoms with E-state index < -0.39 is 12.1 Å². The molecule has 1 aliphatic rings. The summed E-state index contributed by atoms with van der Waals surface area (Å²) in [5.41, 5.74) is 6.85. The number of rotatable bonds is 7. The van der Waals surface area contributed by atoms with Gasteiger partial charge in [-0.05, 0) is 36.4 Å². The molecule has 33 heavy (non-hydrogen) atoms. The fraction of sp³-hybridized carbons (Fsp3) is 0.318. The van der Waals surface area contributed by atoms with Crippen molar-refractivity contribution in [2.24, 2.45) is 0 Å². The molecule has 3 N–H and O–H groups in total. The van der Waals surface area contributed by atoms with E-state index in [1.54, 1.807) is 24.3 Å². The molecule has 7 nitrogen and oxygen atoms in total. The van der Waals surface area contributed by atoms with Crippen molar-refractivity contribution in [3.63, 3.8) is 0 Å². The monoisotopic (exact) mass is 482 g/mol. The summed E-state index contributed by atoms with van der Waals surface area (Å²) in [4.78, 5) is 6.77. The minimum Gasteiger partial charge on any atom is -0.492 e. The Kier molecular flexibility index (Phi) is 6.96. The van der Waals surface area contributed by atoms with Crippen LogP contribution in [-0.2, 0) is 4.74 Å². The van der Waals surface area contributed by atoms with Gasteiger partial charge < -0.3 is 25.3 Å². The second-order valence-corrected chi connectivity index (χ2v) is 7.77. The Bertz CT molecular complexity index is 1120. The molecule has 0 saturated carbocycles. The first-order valence-electron chi connectivity index (χ1n) is 10.2. The molecule has 1 aromatic heterocycles. The van der Waals surface area contributed by atoms with Gasteiger partial charge in [-0.25, -0.2) is 4.98 Å². The fourth-order valence-corrected chi connectivity index (χ4v) is 3.65. The van der Waals surface area contributed by atoms with Crippen molar-refractivity contribution >= 4 is 39.7 Å². The molecule has 0 spiro atoms. The lowest BCUT2D eigenvalue weighted by atomic mass is 10.2. The molecule has 4 rings (SSSR count). The average molecular weight is 483 g/mol. The van der Waals surface area contributed by atoms with Gasteiger partial charge in [-0.3, -0.25) is 4.90 Å². The van der Waals surface area contributed by atoms with Crippen molar-refractivity contribution in [1.82, 2.24) is 9.88 Å². The maximum Gasteiger partial charge on any atom is 0.573 e. The van der Waals surface area contributed by atoms with Crippen LogP contribution < -0.4 is 20.5 Å². The van der Waals surface area contributed by atoms with Gasteiger partial charge in [-0.1, -0.05) is 11.6 Å². The van der Waals surface area contributed by atoms with E-state index in [9.17, 15) is 13.2 Å². The quantitative estimate of drug-likeness (QED) is 0.467. The second-order valence-electron chi connectivity index (χ2n) is 7.36. The Morgan fingerprint density at radius 3 is 2.67 bits per heavy atom. The number of ether oxygens (including phenoxy) is 3. The minimum atomic E-state index is -4.81. The highest BCUT2D eigenvalue weighted by atomic mass is 35.5. The summed E-state index contributed by atoms with van der Waals surface area (Å²) in [5.74, 6) is 0.599. The molecular formula is C22H22ClF3N4O3. The molecule has 1 aliphatic heterocycles. The maximum atomic E-state index is 12.5. The average Bonchev–Trinajstić information content (AvgIpc) is 2.78. The third kappa shape index (κ3) is 6.10. The zero-order chi connectivity index (χ0) is 23.4. The summed E-state index contributed by atoms with van der Waals surface area (Å²) in [6.07, 6.45) is -4.81. The van der Waals surface area contributed by atoms with Gasteiger partial charge in [0.2, 0.25) is 0 Å². The third-order valence-electron chi connectivity index (χ3n) is 5.06. The van der Waals surface area contributed by atoms with E-state index in [0.29, 0.717) is 28.7 Å². The van der Waals surface area contributed by atoms with Crippen LogP contribution in [-0.4, -0.2) is 55.7 Å². The number of benzene rings is 2. The highest BCUT2D eigenvalue weighted by Gasteiger charge is 2.31. The van der Waals surface area contributed by atoms with E-state index in [2.05, 4.69) is 19.9 Å². The molecule has 0 amide bonds. The lowest BCUT2D eigenvalue weighted by Gasteiger charge is -2.26. The van der Waals surface area contributed by atoms with Crippen LogP contribution in [0.1, 0.15) is 0 Å². The smallest absolute Gasteiger partial charge is 0.492 e. The molecule has 0 aliphatic carbocycles. The van der Waals surface area contributed by atoms with Crippen LogP contribution in [0.4, 0.5) is 30.4 Å². The van der Waals surface area contributed by atoms with Crippen LogP contribution in [0, 0.1) is 0 Å². The van der Waals surface area contributed by atoms with Gasteiger partial charge in [0.05, 0.1) is 35.1 Å². The predicted octanol–water partition coefficient (Wildman–Crippen LogP) is 4.82. The zero-order valence-corrected chi connectivity index (χ0v) is 18.2. The van der Waals surface area contributed by atoms with E-state index >= 15 is 0 Å². The summed E-state index contributed by atoms with van der Waals surface area (Å²) in [6.45, 7) is 4.47. The first-order valence-corrected chi connectivity index (χ1v) is 10.6. The summed E-state index contributed by atoms with van der Waals surface area (Å²) in [5, 5.41) is 4.05. The highest BCUT2D eigenvalue weighted by Crippen LogP contribution is 2.34. The number of anilines is 3. The molecule has 0 radical (unpaired) electrons. The number of nitrogens with two attached hydrogens (primary N) is 1.